The fourth-order valence-corrected chi connectivity index (χ4v) is 3.94. The molecule has 2 atom stereocenters. The first-order valence-electron chi connectivity index (χ1n) is 7.43. The minimum atomic E-state index is -0.103. The lowest BCUT2D eigenvalue weighted by Gasteiger charge is -2.29. The smallest absolute Gasteiger partial charge is 0.287 e. The summed E-state index contributed by atoms with van der Waals surface area (Å²) < 4.78 is 6.63. The number of halogens is 1. The van der Waals surface area contributed by atoms with Gasteiger partial charge in [-0.3, -0.25) is 4.79 Å². The van der Waals surface area contributed by atoms with E-state index in [0.717, 1.165) is 28.3 Å². The lowest BCUT2D eigenvalue weighted by atomic mass is 10.00. The Morgan fingerprint density at radius 3 is 2.76 bits per heavy atom. The first-order valence-corrected chi connectivity index (χ1v) is 8.23. The Labute approximate surface area is 131 Å². The van der Waals surface area contributed by atoms with Crippen LogP contribution in [0.4, 0.5) is 0 Å². The normalized spacial score (nSPS) is 28.0. The summed E-state index contributed by atoms with van der Waals surface area (Å²) in [5, 5.41) is 7.65. The summed E-state index contributed by atoms with van der Waals surface area (Å²) in [7, 11) is 0. The van der Waals surface area contributed by atoms with Crippen LogP contribution in [0.25, 0.3) is 11.0 Å². The van der Waals surface area contributed by atoms with Gasteiger partial charge in [0.2, 0.25) is 0 Å². The minimum Gasteiger partial charge on any atom is -0.451 e. The molecule has 2 aliphatic heterocycles. The second-order valence-corrected chi connectivity index (χ2v) is 6.99. The summed E-state index contributed by atoms with van der Waals surface area (Å²) in [6.07, 6.45) is 4.51. The highest BCUT2D eigenvalue weighted by molar-refractivity contribution is 9.10. The number of benzene rings is 1. The predicted molar refractivity (Wildman–Crippen MR) is 84.3 cm³/mol. The SMILES string of the molecule is O=C(NC1CC2CCC(C1)N2)c1cc2cc(Br)ccc2o1. The van der Waals surface area contributed by atoms with Gasteiger partial charge in [0.1, 0.15) is 5.58 Å². The molecule has 2 unspecified atom stereocenters. The highest BCUT2D eigenvalue weighted by Gasteiger charge is 2.34. The molecule has 21 heavy (non-hydrogen) atoms. The molecule has 0 aliphatic carbocycles. The van der Waals surface area contributed by atoms with Crippen LogP contribution in [0.15, 0.2) is 33.2 Å². The van der Waals surface area contributed by atoms with Crippen LogP contribution in [0, 0.1) is 0 Å². The summed E-state index contributed by atoms with van der Waals surface area (Å²) in [4.78, 5) is 12.4. The topological polar surface area (TPSA) is 54.3 Å². The largest absolute Gasteiger partial charge is 0.451 e. The van der Waals surface area contributed by atoms with E-state index < -0.39 is 0 Å². The van der Waals surface area contributed by atoms with E-state index in [4.69, 9.17) is 4.42 Å². The fourth-order valence-electron chi connectivity index (χ4n) is 3.56. The van der Waals surface area contributed by atoms with Gasteiger partial charge in [-0.15, -0.1) is 0 Å². The second-order valence-electron chi connectivity index (χ2n) is 6.07. The van der Waals surface area contributed by atoms with E-state index in [1.54, 1.807) is 0 Å². The van der Waals surface area contributed by atoms with Gasteiger partial charge in [-0.1, -0.05) is 15.9 Å². The van der Waals surface area contributed by atoms with Crippen LogP contribution < -0.4 is 10.6 Å². The first-order chi connectivity index (χ1) is 10.2. The van der Waals surface area contributed by atoms with Gasteiger partial charge < -0.3 is 15.1 Å². The Balaban J connectivity index is 1.50. The third-order valence-electron chi connectivity index (χ3n) is 4.51. The highest BCUT2D eigenvalue weighted by atomic mass is 79.9. The molecule has 4 nitrogen and oxygen atoms in total. The molecule has 0 spiro atoms. The van der Waals surface area contributed by atoms with Crippen molar-refractivity contribution in [3.05, 3.63) is 34.5 Å². The Kier molecular flexibility index (Phi) is 3.27. The van der Waals surface area contributed by atoms with Crippen LogP contribution >= 0.6 is 15.9 Å². The summed E-state index contributed by atoms with van der Waals surface area (Å²) in [5.41, 5.74) is 0.744. The van der Waals surface area contributed by atoms with Crippen LogP contribution in [-0.4, -0.2) is 24.0 Å². The molecule has 3 heterocycles. The van der Waals surface area contributed by atoms with Crippen LogP contribution in [0.3, 0.4) is 0 Å². The molecular weight excluding hydrogens is 332 g/mol. The molecule has 1 aromatic carbocycles. The van der Waals surface area contributed by atoms with Crippen LogP contribution in [0.2, 0.25) is 0 Å². The van der Waals surface area contributed by atoms with Crippen LogP contribution in [0.5, 0.6) is 0 Å². The maximum atomic E-state index is 12.4. The van der Waals surface area contributed by atoms with E-state index in [0.29, 0.717) is 17.8 Å². The van der Waals surface area contributed by atoms with Crippen molar-refractivity contribution in [1.29, 1.82) is 0 Å². The maximum absolute atomic E-state index is 12.4. The second kappa shape index (κ2) is 5.14. The number of amides is 1. The zero-order valence-corrected chi connectivity index (χ0v) is 13.2. The molecule has 2 N–H and O–H groups in total. The molecule has 2 aromatic rings. The van der Waals surface area contributed by atoms with Crippen molar-refractivity contribution < 1.29 is 9.21 Å². The quantitative estimate of drug-likeness (QED) is 0.876. The number of hydrogen-bond donors (Lipinski definition) is 2. The molecule has 110 valence electrons. The number of piperidine rings is 1. The van der Waals surface area contributed by atoms with Gasteiger partial charge in [-0.05, 0) is 49.9 Å². The molecule has 1 amide bonds. The van der Waals surface area contributed by atoms with Crippen molar-refractivity contribution in [2.24, 2.45) is 0 Å². The monoisotopic (exact) mass is 348 g/mol. The maximum Gasteiger partial charge on any atom is 0.287 e. The number of nitrogens with one attached hydrogen (secondary N) is 2. The molecule has 0 saturated carbocycles. The van der Waals surface area contributed by atoms with Crippen molar-refractivity contribution in [3.63, 3.8) is 0 Å². The number of carbonyl (C=O) groups excluding carboxylic acids is 1. The van der Waals surface area contributed by atoms with Crippen molar-refractivity contribution in [2.75, 3.05) is 0 Å². The van der Waals surface area contributed by atoms with E-state index in [9.17, 15) is 4.79 Å². The number of rotatable bonds is 2. The average Bonchev–Trinajstić information content (AvgIpc) is 3.02. The predicted octanol–water partition coefficient (Wildman–Crippen LogP) is 3.21. The molecule has 1 aromatic heterocycles. The van der Waals surface area contributed by atoms with E-state index in [1.807, 2.05) is 24.3 Å². The molecule has 5 heteroatoms. The summed E-state index contributed by atoms with van der Waals surface area (Å²) in [6, 6.07) is 8.96. The molecule has 2 saturated heterocycles. The number of carbonyl (C=O) groups is 1. The van der Waals surface area contributed by atoms with E-state index >= 15 is 0 Å². The molecule has 2 aliphatic rings. The Bertz CT molecular complexity index is 685. The highest BCUT2D eigenvalue weighted by Crippen LogP contribution is 2.27. The van der Waals surface area contributed by atoms with E-state index in [-0.39, 0.29) is 11.9 Å². The zero-order chi connectivity index (χ0) is 14.4. The zero-order valence-electron chi connectivity index (χ0n) is 11.6. The van der Waals surface area contributed by atoms with Gasteiger partial charge in [-0.25, -0.2) is 0 Å². The first kappa shape index (κ1) is 13.3. The standard InChI is InChI=1S/C16H17BrN2O2/c17-10-1-4-14-9(5-10)6-15(21-14)16(20)19-13-7-11-2-3-12(8-13)18-11/h1,4-6,11-13,18H,2-3,7-8H2,(H,19,20). The van der Waals surface area contributed by atoms with Crippen LogP contribution in [0.1, 0.15) is 36.2 Å². The van der Waals surface area contributed by atoms with Crippen molar-refractivity contribution in [1.82, 2.24) is 10.6 Å². The van der Waals surface area contributed by atoms with Gasteiger partial charge in [0, 0.05) is 28.0 Å². The molecule has 2 bridgehead atoms. The number of furan rings is 1. The Morgan fingerprint density at radius 1 is 1.24 bits per heavy atom. The molecular formula is C16H17BrN2O2. The van der Waals surface area contributed by atoms with Crippen molar-refractivity contribution in [3.8, 4) is 0 Å². The minimum absolute atomic E-state index is 0.103. The lowest BCUT2D eigenvalue weighted by molar-refractivity contribution is 0.0898. The van der Waals surface area contributed by atoms with Crippen molar-refractivity contribution in [2.45, 2.75) is 43.8 Å². The third kappa shape index (κ3) is 2.60. The molecule has 4 rings (SSSR count). The number of hydrogen-bond acceptors (Lipinski definition) is 3. The lowest BCUT2D eigenvalue weighted by Crippen LogP contribution is -2.47. The summed E-state index contributed by atoms with van der Waals surface area (Å²) in [6.45, 7) is 0. The van der Waals surface area contributed by atoms with Crippen LogP contribution in [-0.2, 0) is 0 Å². The van der Waals surface area contributed by atoms with Gasteiger partial charge >= 0.3 is 0 Å². The van der Waals surface area contributed by atoms with E-state index in [2.05, 4.69) is 26.6 Å². The van der Waals surface area contributed by atoms with Gasteiger partial charge in [0.15, 0.2) is 5.76 Å². The van der Waals surface area contributed by atoms with Gasteiger partial charge in [0.05, 0.1) is 0 Å². The van der Waals surface area contributed by atoms with E-state index in [1.165, 1.54) is 12.8 Å². The summed E-state index contributed by atoms with van der Waals surface area (Å²) in [5.74, 6) is 0.294. The Hall–Kier alpha value is -1.33. The van der Waals surface area contributed by atoms with Gasteiger partial charge in [0.25, 0.3) is 5.91 Å². The molecule has 0 radical (unpaired) electrons. The summed E-state index contributed by atoms with van der Waals surface area (Å²) >= 11 is 3.43. The molecule has 2 fully saturated rings. The average molecular weight is 349 g/mol. The van der Waals surface area contributed by atoms with Gasteiger partial charge in [-0.2, -0.15) is 0 Å². The third-order valence-corrected chi connectivity index (χ3v) is 5.00. The van der Waals surface area contributed by atoms with Crippen molar-refractivity contribution >= 4 is 32.8 Å². The Morgan fingerprint density at radius 2 is 2.00 bits per heavy atom. The number of fused-ring (bicyclic) bond motifs is 3. The fraction of sp³-hybridized carbons (Fsp3) is 0.438.